The smallest absolute Gasteiger partial charge is 0.246 e. The lowest BCUT2D eigenvalue weighted by atomic mass is 9.91. The number of halogens is 1. The zero-order valence-electron chi connectivity index (χ0n) is 10.7. The summed E-state index contributed by atoms with van der Waals surface area (Å²) >= 11 is 5.01. The van der Waals surface area contributed by atoms with E-state index in [0.717, 1.165) is 21.5 Å². The van der Waals surface area contributed by atoms with Crippen molar-refractivity contribution in [3.8, 4) is 0 Å². The highest BCUT2D eigenvalue weighted by molar-refractivity contribution is 9.11. The van der Waals surface area contributed by atoms with E-state index in [2.05, 4.69) is 15.9 Å². The molecular weight excluding hydrogens is 326 g/mol. The van der Waals surface area contributed by atoms with Crippen molar-refractivity contribution < 1.29 is 9.90 Å². The van der Waals surface area contributed by atoms with Crippen LogP contribution in [-0.2, 0) is 4.79 Å². The van der Waals surface area contributed by atoms with Gasteiger partial charge in [-0.3, -0.25) is 4.79 Å². The quantitative estimate of drug-likeness (QED) is 0.805. The van der Waals surface area contributed by atoms with Crippen molar-refractivity contribution >= 4 is 39.2 Å². The van der Waals surface area contributed by atoms with Gasteiger partial charge in [-0.2, -0.15) is 0 Å². The Bertz CT molecular complexity index is 454. The molecule has 104 valence electrons. The van der Waals surface area contributed by atoms with Crippen LogP contribution in [0.4, 0.5) is 0 Å². The van der Waals surface area contributed by atoms with Gasteiger partial charge in [0.1, 0.15) is 0 Å². The van der Waals surface area contributed by atoms with Gasteiger partial charge in [-0.25, -0.2) is 0 Å². The minimum atomic E-state index is 0.0580. The van der Waals surface area contributed by atoms with Crippen LogP contribution in [0.15, 0.2) is 22.0 Å². The van der Waals surface area contributed by atoms with E-state index >= 15 is 0 Å². The maximum absolute atomic E-state index is 12.2. The first-order chi connectivity index (χ1) is 9.20. The molecule has 0 atom stereocenters. The summed E-state index contributed by atoms with van der Waals surface area (Å²) in [5, 5.41) is 8.92. The fourth-order valence-corrected chi connectivity index (χ4v) is 3.41. The minimum absolute atomic E-state index is 0.0580. The SMILES string of the molecule is O=C(/C=C/c1ccc(Br)s1)N(CCCO)C1CCC1. The summed E-state index contributed by atoms with van der Waals surface area (Å²) in [6.45, 7) is 0.788. The number of nitrogens with zero attached hydrogens (tertiary/aromatic N) is 1. The molecule has 3 nitrogen and oxygen atoms in total. The predicted molar refractivity (Wildman–Crippen MR) is 82.1 cm³/mol. The van der Waals surface area contributed by atoms with E-state index in [1.165, 1.54) is 6.42 Å². The Morgan fingerprint density at radius 3 is 2.84 bits per heavy atom. The van der Waals surface area contributed by atoms with Crippen LogP contribution < -0.4 is 0 Å². The predicted octanol–water partition coefficient (Wildman–Crippen LogP) is 3.29. The van der Waals surface area contributed by atoms with Gasteiger partial charge in [0.2, 0.25) is 5.91 Å². The lowest BCUT2D eigenvalue weighted by molar-refractivity contribution is -0.130. The van der Waals surface area contributed by atoms with Gasteiger partial charge in [-0.15, -0.1) is 11.3 Å². The van der Waals surface area contributed by atoms with Crippen LogP contribution in [0.5, 0.6) is 0 Å². The highest BCUT2D eigenvalue weighted by Crippen LogP contribution is 2.26. The van der Waals surface area contributed by atoms with E-state index < -0.39 is 0 Å². The minimum Gasteiger partial charge on any atom is -0.396 e. The van der Waals surface area contributed by atoms with Crippen LogP contribution in [-0.4, -0.2) is 35.1 Å². The fourth-order valence-electron chi connectivity index (χ4n) is 2.08. The van der Waals surface area contributed by atoms with E-state index in [4.69, 9.17) is 5.11 Å². The summed E-state index contributed by atoms with van der Waals surface area (Å²) in [5.74, 6) is 0.0580. The van der Waals surface area contributed by atoms with Crippen molar-refractivity contribution in [1.82, 2.24) is 4.90 Å². The number of carbonyl (C=O) groups is 1. The van der Waals surface area contributed by atoms with Crippen molar-refractivity contribution in [2.24, 2.45) is 0 Å². The molecule has 0 radical (unpaired) electrons. The summed E-state index contributed by atoms with van der Waals surface area (Å²) < 4.78 is 1.07. The van der Waals surface area contributed by atoms with Crippen molar-refractivity contribution in [2.75, 3.05) is 13.2 Å². The molecule has 1 aromatic heterocycles. The monoisotopic (exact) mass is 343 g/mol. The van der Waals surface area contributed by atoms with Gasteiger partial charge in [0.15, 0.2) is 0 Å². The average Bonchev–Trinajstić information content (AvgIpc) is 2.75. The van der Waals surface area contributed by atoms with Crippen LogP contribution in [0.2, 0.25) is 0 Å². The average molecular weight is 344 g/mol. The Morgan fingerprint density at radius 2 is 2.32 bits per heavy atom. The zero-order valence-corrected chi connectivity index (χ0v) is 13.1. The number of amides is 1. The maximum atomic E-state index is 12.2. The number of thiophene rings is 1. The van der Waals surface area contributed by atoms with Crippen molar-refractivity contribution in [3.63, 3.8) is 0 Å². The van der Waals surface area contributed by atoms with Crippen molar-refractivity contribution in [3.05, 3.63) is 26.9 Å². The first-order valence-corrected chi connectivity index (χ1v) is 8.16. The number of hydrogen-bond acceptors (Lipinski definition) is 3. The van der Waals surface area contributed by atoms with Gasteiger partial charge in [-0.1, -0.05) is 0 Å². The highest BCUT2D eigenvalue weighted by atomic mass is 79.9. The molecule has 1 heterocycles. The topological polar surface area (TPSA) is 40.5 Å². The van der Waals surface area contributed by atoms with Crippen LogP contribution in [0.1, 0.15) is 30.6 Å². The summed E-state index contributed by atoms with van der Waals surface area (Å²) in [7, 11) is 0. The van der Waals surface area contributed by atoms with Crippen molar-refractivity contribution in [1.29, 1.82) is 0 Å². The summed E-state index contributed by atoms with van der Waals surface area (Å²) in [6, 6.07) is 4.34. The summed E-state index contributed by atoms with van der Waals surface area (Å²) in [6.07, 6.45) is 7.55. The zero-order chi connectivity index (χ0) is 13.7. The van der Waals surface area contributed by atoms with E-state index in [-0.39, 0.29) is 12.5 Å². The second kappa shape index (κ2) is 7.22. The Hall–Kier alpha value is -0.650. The molecule has 1 aliphatic carbocycles. The van der Waals surface area contributed by atoms with Crippen LogP contribution in [0, 0.1) is 0 Å². The Labute approximate surface area is 126 Å². The Morgan fingerprint density at radius 1 is 1.53 bits per heavy atom. The lowest BCUT2D eigenvalue weighted by Crippen LogP contribution is -2.44. The second-order valence-corrected chi connectivity index (χ2v) is 7.16. The molecule has 1 N–H and O–H groups in total. The molecule has 1 aliphatic rings. The lowest BCUT2D eigenvalue weighted by Gasteiger charge is -2.37. The number of carbonyl (C=O) groups excluding carboxylic acids is 1. The molecule has 0 spiro atoms. The van der Waals surface area contributed by atoms with E-state index in [0.29, 0.717) is 19.0 Å². The third-order valence-electron chi connectivity index (χ3n) is 3.34. The largest absolute Gasteiger partial charge is 0.396 e. The molecule has 1 fully saturated rings. The number of rotatable bonds is 6. The highest BCUT2D eigenvalue weighted by Gasteiger charge is 2.26. The molecular formula is C14H18BrNO2S. The third-order valence-corrected chi connectivity index (χ3v) is 4.93. The molecule has 0 unspecified atom stereocenters. The normalized spacial score (nSPS) is 15.7. The number of aliphatic hydroxyl groups excluding tert-OH is 1. The van der Waals surface area contributed by atoms with Gasteiger partial charge in [0.25, 0.3) is 0 Å². The van der Waals surface area contributed by atoms with E-state index in [1.54, 1.807) is 17.4 Å². The van der Waals surface area contributed by atoms with Gasteiger partial charge in [0.05, 0.1) is 3.79 Å². The molecule has 5 heteroatoms. The Kier molecular flexibility index (Phi) is 5.60. The molecule has 0 aromatic carbocycles. The van der Waals surface area contributed by atoms with Gasteiger partial charge in [-0.05, 0) is 59.8 Å². The Balaban J connectivity index is 1.96. The third kappa shape index (κ3) is 4.16. The van der Waals surface area contributed by atoms with Crippen LogP contribution >= 0.6 is 27.3 Å². The van der Waals surface area contributed by atoms with Crippen molar-refractivity contribution in [2.45, 2.75) is 31.7 Å². The van der Waals surface area contributed by atoms with Gasteiger partial charge >= 0.3 is 0 Å². The van der Waals surface area contributed by atoms with Gasteiger partial charge in [0, 0.05) is 30.1 Å². The molecule has 0 bridgehead atoms. The second-order valence-electron chi connectivity index (χ2n) is 4.67. The summed E-state index contributed by atoms with van der Waals surface area (Å²) in [4.78, 5) is 15.2. The first-order valence-electron chi connectivity index (χ1n) is 6.55. The molecule has 0 saturated heterocycles. The molecule has 2 rings (SSSR count). The summed E-state index contributed by atoms with van der Waals surface area (Å²) in [5.41, 5.74) is 0. The van der Waals surface area contributed by atoms with E-state index in [1.807, 2.05) is 23.1 Å². The molecule has 1 amide bonds. The standard InChI is InChI=1S/C14H18BrNO2S/c15-13-7-5-12(19-13)6-8-14(18)16(9-2-10-17)11-3-1-4-11/h5-8,11,17H,1-4,9-10H2/b8-6+. The molecule has 0 aliphatic heterocycles. The molecule has 1 saturated carbocycles. The first kappa shape index (κ1) is 14.8. The van der Waals surface area contributed by atoms with Gasteiger partial charge < -0.3 is 10.0 Å². The maximum Gasteiger partial charge on any atom is 0.246 e. The van der Waals surface area contributed by atoms with E-state index in [9.17, 15) is 4.79 Å². The molecule has 19 heavy (non-hydrogen) atoms. The molecule has 1 aromatic rings. The number of aliphatic hydroxyl groups is 1. The number of hydrogen-bond donors (Lipinski definition) is 1. The van der Waals surface area contributed by atoms with Crippen LogP contribution in [0.25, 0.3) is 6.08 Å². The fraction of sp³-hybridized carbons (Fsp3) is 0.500. The van der Waals surface area contributed by atoms with Crippen LogP contribution in [0.3, 0.4) is 0 Å².